The van der Waals surface area contributed by atoms with E-state index in [0.717, 1.165) is 0 Å². The average molecular weight is 393 g/mol. The topological polar surface area (TPSA) is 99.6 Å². The van der Waals surface area contributed by atoms with E-state index >= 15 is 0 Å². The quantitative estimate of drug-likeness (QED) is 0.827. The summed E-state index contributed by atoms with van der Waals surface area (Å²) in [6.07, 6.45) is 3.15. The smallest absolute Gasteiger partial charge is 0.294 e. The number of amides is 2. The summed E-state index contributed by atoms with van der Waals surface area (Å²) in [6, 6.07) is 9.30. The number of hydrogen-bond donors (Lipinski definition) is 2. The first kappa shape index (κ1) is 20.3. The van der Waals surface area contributed by atoms with E-state index < -0.39 is 23.1 Å². The molecule has 0 aliphatic carbocycles. The maximum absolute atomic E-state index is 13.1. The summed E-state index contributed by atoms with van der Waals surface area (Å²) in [5, 5.41) is 13.3. The van der Waals surface area contributed by atoms with Gasteiger partial charge in [0.05, 0.1) is 11.6 Å². The van der Waals surface area contributed by atoms with Crippen LogP contribution in [0.25, 0.3) is 0 Å². The molecule has 2 amide bonds. The zero-order valence-corrected chi connectivity index (χ0v) is 16.8. The molecule has 1 aromatic heterocycles. The fraction of sp³-hybridized carbons (Fsp3) is 0.273. The maximum Gasteiger partial charge on any atom is 0.294 e. The number of aliphatic hydroxyl groups excluding tert-OH is 1. The molecular formula is C22H23N3O4. The molecule has 3 rings (SSSR count). The molecule has 150 valence electrons. The number of rotatable bonds is 4. The molecule has 1 atom stereocenters. The highest BCUT2D eigenvalue weighted by molar-refractivity contribution is 6.17. The van der Waals surface area contributed by atoms with Gasteiger partial charge in [-0.05, 0) is 42.0 Å². The molecule has 0 spiro atoms. The molecule has 2 heterocycles. The van der Waals surface area contributed by atoms with Crippen molar-refractivity contribution in [3.05, 3.63) is 65.7 Å². The fourth-order valence-electron chi connectivity index (χ4n) is 3.28. The van der Waals surface area contributed by atoms with E-state index in [0.29, 0.717) is 16.9 Å². The third kappa shape index (κ3) is 3.89. The highest BCUT2D eigenvalue weighted by atomic mass is 16.3. The van der Waals surface area contributed by atoms with E-state index in [2.05, 4.69) is 10.3 Å². The van der Waals surface area contributed by atoms with Crippen LogP contribution in [0, 0.1) is 5.41 Å². The van der Waals surface area contributed by atoms with E-state index in [1.54, 1.807) is 69.6 Å². The van der Waals surface area contributed by atoms with Crippen LogP contribution in [0.3, 0.4) is 0 Å². The van der Waals surface area contributed by atoms with Gasteiger partial charge in [-0.1, -0.05) is 20.8 Å². The van der Waals surface area contributed by atoms with Crippen LogP contribution in [0.15, 0.2) is 60.1 Å². The summed E-state index contributed by atoms with van der Waals surface area (Å²) in [4.78, 5) is 42.7. The van der Waals surface area contributed by atoms with Crippen molar-refractivity contribution in [1.82, 2.24) is 4.98 Å². The Kier molecular flexibility index (Phi) is 5.24. The zero-order valence-electron chi connectivity index (χ0n) is 16.8. The van der Waals surface area contributed by atoms with Gasteiger partial charge >= 0.3 is 0 Å². The maximum atomic E-state index is 13.1. The molecule has 0 bridgehead atoms. The molecule has 1 aromatic carbocycles. The fourth-order valence-corrected chi connectivity index (χ4v) is 3.28. The van der Waals surface area contributed by atoms with Crippen molar-refractivity contribution in [2.45, 2.75) is 33.7 Å². The number of nitrogens with one attached hydrogen (secondary N) is 1. The number of benzene rings is 1. The minimum Gasteiger partial charge on any atom is -0.503 e. The first-order chi connectivity index (χ1) is 13.6. The second-order valence-electron chi connectivity index (χ2n) is 7.93. The molecule has 2 N–H and O–H groups in total. The Morgan fingerprint density at radius 1 is 1.07 bits per heavy atom. The van der Waals surface area contributed by atoms with Gasteiger partial charge in [0.15, 0.2) is 11.5 Å². The lowest BCUT2D eigenvalue weighted by Gasteiger charge is -2.29. The van der Waals surface area contributed by atoms with E-state index in [9.17, 15) is 19.5 Å². The zero-order chi connectivity index (χ0) is 21.3. The van der Waals surface area contributed by atoms with Gasteiger partial charge in [-0.2, -0.15) is 0 Å². The van der Waals surface area contributed by atoms with Crippen molar-refractivity contribution < 1.29 is 19.5 Å². The molecule has 7 heteroatoms. The number of carbonyl (C=O) groups is 3. The lowest BCUT2D eigenvalue weighted by molar-refractivity contribution is -0.123. The SMILES string of the molecule is CC(=O)Nc1ccc(N2C(=O)C(O)=C(C(=O)C(C)(C)C)C2c2ccncc2)cc1. The number of aliphatic hydroxyl groups is 1. The second kappa shape index (κ2) is 7.50. The van der Waals surface area contributed by atoms with Crippen molar-refractivity contribution in [2.75, 3.05) is 10.2 Å². The summed E-state index contributed by atoms with van der Waals surface area (Å²) in [6.45, 7) is 6.64. The Balaban J connectivity index is 2.10. The standard InChI is InChI=1S/C22H23N3O4/c1-13(26)24-15-5-7-16(8-6-15)25-18(14-9-11-23-12-10-14)17(19(27)21(25)29)20(28)22(2,3)4/h5-12,18,27H,1-4H3,(H,24,26). The van der Waals surface area contributed by atoms with Crippen LogP contribution in [0.5, 0.6) is 0 Å². The molecule has 1 aliphatic heterocycles. The summed E-state index contributed by atoms with van der Waals surface area (Å²) in [5.41, 5.74) is 1.03. The number of anilines is 2. The van der Waals surface area contributed by atoms with Gasteiger partial charge in [-0.15, -0.1) is 0 Å². The van der Waals surface area contributed by atoms with Gasteiger partial charge in [-0.25, -0.2) is 0 Å². The molecular weight excluding hydrogens is 370 g/mol. The van der Waals surface area contributed by atoms with Crippen molar-refractivity contribution in [3.8, 4) is 0 Å². The minimum atomic E-state index is -0.778. The van der Waals surface area contributed by atoms with E-state index in [1.807, 2.05) is 0 Å². The van der Waals surface area contributed by atoms with Crippen molar-refractivity contribution in [3.63, 3.8) is 0 Å². The Bertz CT molecular complexity index is 989. The van der Waals surface area contributed by atoms with E-state index in [4.69, 9.17) is 0 Å². The second-order valence-corrected chi connectivity index (χ2v) is 7.93. The van der Waals surface area contributed by atoms with E-state index in [1.165, 1.54) is 11.8 Å². The van der Waals surface area contributed by atoms with Crippen molar-refractivity contribution >= 4 is 29.0 Å². The summed E-state index contributed by atoms with van der Waals surface area (Å²) in [7, 11) is 0. The van der Waals surface area contributed by atoms with Crippen LogP contribution in [0.4, 0.5) is 11.4 Å². The van der Waals surface area contributed by atoms with Crippen molar-refractivity contribution in [1.29, 1.82) is 0 Å². The van der Waals surface area contributed by atoms with Crippen LogP contribution >= 0.6 is 0 Å². The molecule has 0 radical (unpaired) electrons. The third-order valence-electron chi connectivity index (χ3n) is 4.62. The van der Waals surface area contributed by atoms with Crippen LogP contribution in [0.2, 0.25) is 0 Å². The van der Waals surface area contributed by atoms with E-state index in [-0.39, 0.29) is 17.3 Å². The number of aromatic nitrogens is 1. The molecule has 0 fully saturated rings. The number of pyridine rings is 1. The lowest BCUT2D eigenvalue weighted by atomic mass is 9.82. The highest BCUT2D eigenvalue weighted by Crippen LogP contribution is 2.43. The molecule has 1 aliphatic rings. The Morgan fingerprint density at radius 2 is 1.66 bits per heavy atom. The predicted octanol–water partition coefficient (Wildman–Crippen LogP) is 3.56. The van der Waals surface area contributed by atoms with Gasteiger partial charge < -0.3 is 10.4 Å². The Labute approximate surface area is 169 Å². The number of Topliss-reactive ketones (excluding diaryl/α,β-unsaturated/α-hetero) is 1. The highest BCUT2D eigenvalue weighted by Gasteiger charge is 2.46. The number of hydrogen-bond acceptors (Lipinski definition) is 5. The molecule has 2 aromatic rings. The first-order valence-electron chi connectivity index (χ1n) is 9.20. The minimum absolute atomic E-state index is 0.0691. The lowest BCUT2D eigenvalue weighted by Crippen LogP contribution is -2.32. The third-order valence-corrected chi connectivity index (χ3v) is 4.62. The largest absolute Gasteiger partial charge is 0.503 e. The van der Waals surface area contributed by atoms with Crippen molar-refractivity contribution in [2.24, 2.45) is 5.41 Å². The Hall–Kier alpha value is -3.48. The normalized spacial score (nSPS) is 16.9. The number of ketones is 1. The van der Waals surface area contributed by atoms with Crippen LogP contribution in [-0.2, 0) is 14.4 Å². The van der Waals surface area contributed by atoms with Crippen LogP contribution in [-0.4, -0.2) is 27.7 Å². The van der Waals surface area contributed by atoms with Crippen LogP contribution in [0.1, 0.15) is 39.3 Å². The summed E-state index contributed by atoms with van der Waals surface area (Å²) in [5.74, 6) is -1.70. The average Bonchev–Trinajstić information content (AvgIpc) is 2.92. The molecule has 7 nitrogen and oxygen atoms in total. The number of nitrogens with zero attached hydrogens (tertiary/aromatic N) is 2. The first-order valence-corrected chi connectivity index (χ1v) is 9.20. The predicted molar refractivity (Wildman–Crippen MR) is 109 cm³/mol. The van der Waals surface area contributed by atoms with Gasteiger partial charge in [0.25, 0.3) is 5.91 Å². The van der Waals surface area contributed by atoms with Gasteiger partial charge in [0.2, 0.25) is 5.91 Å². The molecule has 0 saturated heterocycles. The summed E-state index contributed by atoms with van der Waals surface area (Å²) < 4.78 is 0. The van der Waals surface area contributed by atoms with Gasteiger partial charge in [-0.3, -0.25) is 24.3 Å². The monoisotopic (exact) mass is 393 g/mol. The molecule has 1 unspecified atom stereocenters. The molecule has 0 saturated carbocycles. The van der Waals surface area contributed by atoms with Crippen LogP contribution < -0.4 is 10.2 Å². The number of carbonyl (C=O) groups excluding carboxylic acids is 3. The Morgan fingerprint density at radius 3 is 2.17 bits per heavy atom. The van der Waals surface area contributed by atoms with Gasteiger partial charge in [0, 0.05) is 36.1 Å². The van der Waals surface area contributed by atoms with Gasteiger partial charge in [0.1, 0.15) is 0 Å². The summed E-state index contributed by atoms with van der Waals surface area (Å²) >= 11 is 0. The molecule has 29 heavy (non-hydrogen) atoms.